The first-order valence-electron chi connectivity index (χ1n) is 7.44. The van der Waals surface area contributed by atoms with Crippen LogP contribution < -0.4 is 5.32 Å². The summed E-state index contributed by atoms with van der Waals surface area (Å²) in [6, 6.07) is 14.6. The van der Waals surface area contributed by atoms with Crippen LogP contribution in [0.2, 0.25) is 10.0 Å². The third-order valence-electron chi connectivity index (χ3n) is 3.60. The van der Waals surface area contributed by atoms with Crippen LogP contribution in [0.15, 0.2) is 42.5 Å². The molecule has 1 nitrogen and oxygen atoms in total. The first-order chi connectivity index (χ1) is 10.2. The monoisotopic (exact) mass is 321 g/mol. The smallest absolute Gasteiger partial charge is 0.0499 e. The highest BCUT2D eigenvalue weighted by Gasteiger charge is 2.09. The van der Waals surface area contributed by atoms with Gasteiger partial charge in [-0.15, -0.1) is 0 Å². The van der Waals surface area contributed by atoms with Gasteiger partial charge in [-0.3, -0.25) is 0 Å². The van der Waals surface area contributed by atoms with Crippen LogP contribution in [-0.4, -0.2) is 6.54 Å². The zero-order chi connectivity index (χ0) is 15.2. The van der Waals surface area contributed by atoms with Gasteiger partial charge in [-0.2, -0.15) is 0 Å². The van der Waals surface area contributed by atoms with Crippen molar-refractivity contribution in [2.24, 2.45) is 0 Å². The van der Waals surface area contributed by atoms with Gasteiger partial charge in [0.2, 0.25) is 0 Å². The summed E-state index contributed by atoms with van der Waals surface area (Å²) in [5.74, 6) is 0. The van der Waals surface area contributed by atoms with Crippen LogP contribution in [-0.2, 0) is 0 Å². The molecule has 0 aromatic heterocycles. The molecule has 3 heteroatoms. The van der Waals surface area contributed by atoms with E-state index in [1.807, 2.05) is 12.1 Å². The minimum Gasteiger partial charge on any atom is -0.310 e. The molecule has 21 heavy (non-hydrogen) atoms. The Labute approximate surface area is 137 Å². The number of hydrogen-bond acceptors (Lipinski definition) is 1. The molecule has 2 rings (SSSR count). The second kappa shape index (κ2) is 7.84. The van der Waals surface area contributed by atoms with Gasteiger partial charge in [0.15, 0.2) is 0 Å². The molecule has 2 aromatic rings. The van der Waals surface area contributed by atoms with E-state index in [0.717, 1.165) is 30.5 Å². The SMILES string of the molecule is CCCNC(CC)c1ccc(-c2ccc(Cl)cc2Cl)cc1. The molecule has 1 N–H and O–H groups in total. The number of nitrogens with one attached hydrogen (secondary N) is 1. The molecule has 1 unspecified atom stereocenters. The van der Waals surface area contributed by atoms with Crippen LogP contribution in [0.3, 0.4) is 0 Å². The first-order valence-corrected chi connectivity index (χ1v) is 8.20. The summed E-state index contributed by atoms with van der Waals surface area (Å²) in [6.07, 6.45) is 2.23. The number of benzene rings is 2. The van der Waals surface area contributed by atoms with E-state index in [9.17, 15) is 0 Å². The Bertz CT molecular complexity index is 578. The van der Waals surface area contributed by atoms with Crippen molar-refractivity contribution in [3.63, 3.8) is 0 Å². The minimum atomic E-state index is 0.416. The lowest BCUT2D eigenvalue weighted by Gasteiger charge is -2.17. The maximum absolute atomic E-state index is 6.27. The fourth-order valence-electron chi connectivity index (χ4n) is 2.44. The van der Waals surface area contributed by atoms with E-state index in [-0.39, 0.29) is 0 Å². The van der Waals surface area contributed by atoms with Gasteiger partial charge in [-0.05, 0) is 42.6 Å². The number of halogens is 2. The standard InChI is InChI=1S/C18H21Cl2N/c1-3-11-21-18(4-2)14-7-5-13(6-8-14)16-10-9-15(19)12-17(16)20/h5-10,12,18,21H,3-4,11H2,1-2H3. The molecule has 0 saturated heterocycles. The summed E-state index contributed by atoms with van der Waals surface area (Å²) < 4.78 is 0. The Morgan fingerprint density at radius 3 is 2.29 bits per heavy atom. The molecule has 0 aliphatic heterocycles. The highest BCUT2D eigenvalue weighted by Crippen LogP contribution is 2.31. The Hall–Kier alpha value is -1.02. The van der Waals surface area contributed by atoms with Crippen molar-refractivity contribution in [2.75, 3.05) is 6.54 Å². The molecule has 0 saturated carbocycles. The van der Waals surface area contributed by atoms with E-state index in [1.165, 1.54) is 5.56 Å². The molecule has 0 aliphatic rings. The predicted octanol–water partition coefficient (Wildman–Crippen LogP) is 6.11. The average Bonchev–Trinajstić information content (AvgIpc) is 2.49. The van der Waals surface area contributed by atoms with Crippen molar-refractivity contribution in [2.45, 2.75) is 32.7 Å². The normalized spacial score (nSPS) is 12.4. The zero-order valence-electron chi connectivity index (χ0n) is 12.5. The maximum atomic E-state index is 6.27. The van der Waals surface area contributed by atoms with Crippen molar-refractivity contribution < 1.29 is 0 Å². The van der Waals surface area contributed by atoms with Crippen LogP contribution in [0.1, 0.15) is 38.3 Å². The lowest BCUT2D eigenvalue weighted by atomic mass is 9.99. The number of rotatable bonds is 6. The molecule has 0 bridgehead atoms. The van der Waals surface area contributed by atoms with Gasteiger partial charge in [-0.1, -0.05) is 67.4 Å². The molecule has 0 aliphatic carbocycles. The molecule has 112 valence electrons. The van der Waals surface area contributed by atoms with E-state index in [1.54, 1.807) is 6.07 Å². The summed E-state index contributed by atoms with van der Waals surface area (Å²) >= 11 is 12.2. The molecular formula is C18H21Cl2N. The van der Waals surface area contributed by atoms with Gasteiger partial charge in [0.25, 0.3) is 0 Å². The molecule has 1 atom stereocenters. The number of hydrogen-bond donors (Lipinski definition) is 1. The summed E-state index contributed by atoms with van der Waals surface area (Å²) in [7, 11) is 0. The molecule has 0 amide bonds. The fraction of sp³-hybridized carbons (Fsp3) is 0.333. The molecular weight excluding hydrogens is 301 g/mol. The Morgan fingerprint density at radius 2 is 1.71 bits per heavy atom. The first kappa shape index (κ1) is 16.4. The van der Waals surface area contributed by atoms with Crippen molar-refractivity contribution >= 4 is 23.2 Å². The molecule has 2 aromatic carbocycles. The van der Waals surface area contributed by atoms with Gasteiger partial charge in [0, 0.05) is 21.7 Å². The Kier molecular flexibility index (Phi) is 6.10. The Balaban J connectivity index is 2.21. The van der Waals surface area contributed by atoms with Gasteiger partial charge >= 0.3 is 0 Å². The minimum absolute atomic E-state index is 0.416. The summed E-state index contributed by atoms with van der Waals surface area (Å²) in [5.41, 5.74) is 3.45. The summed E-state index contributed by atoms with van der Waals surface area (Å²) in [5, 5.41) is 4.92. The average molecular weight is 322 g/mol. The Morgan fingerprint density at radius 1 is 1.00 bits per heavy atom. The van der Waals surface area contributed by atoms with Crippen molar-refractivity contribution in [3.8, 4) is 11.1 Å². The maximum Gasteiger partial charge on any atom is 0.0499 e. The third-order valence-corrected chi connectivity index (χ3v) is 4.15. The van der Waals surface area contributed by atoms with Crippen molar-refractivity contribution in [1.82, 2.24) is 5.32 Å². The highest BCUT2D eigenvalue weighted by molar-refractivity contribution is 6.36. The van der Waals surface area contributed by atoms with E-state index < -0.39 is 0 Å². The molecule has 0 heterocycles. The van der Waals surface area contributed by atoms with Gasteiger partial charge in [-0.25, -0.2) is 0 Å². The van der Waals surface area contributed by atoms with E-state index in [0.29, 0.717) is 16.1 Å². The van der Waals surface area contributed by atoms with Gasteiger partial charge < -0.3 is 5.32 Å². The summed E-state index contributed by atoms with van der Waals surface area (Å²) in [4.78, 5) is 0. The fourth-order valence-corrected chi connectivity index (χ4v) is 2.95. The van der Waals surface area contributed by atoms with Crippen molar-refractivity contribution in [1.29, 1.82) is 0 Å². The lowest BCUT2D eigenvalue weighted by Crippen LogP contribution is -2.21. The van der Waals surface area contributed by atoms with Crippen LogP contribution >= 0.6 is 23.2 Å². The topological polar surface area (TPSA) is 12.0 Å². The third kappa shape index (κ3) is 4.23. The van der Waals surface area contributed by atoms with Gasteiger partial charge in [0.05, 0.1) is 0 Å². The van der Waals surface area contributed by atoms with Crippen LogP contribution in [0, 0.1) is 0 Å². The van der Waals surface area contributed by atoms with Gasteiger partial charge in [0.1, 0.15) is 0 Å². The largest absolute Gasteiger partial charge is 0.310 e. The molecule has 0 fully saturated rings. The van der Waals surface area contributed by atoms with E-state index in [2.05, 4.69) is 43.4 Å². The van der Waals surface area contributed by atoms with Crippen LogP contribution in [0.5, 0.6) is 0 Å². The lowest BCUT2D eigenvalue weighted by molar-refractivity contribution is 0.518. The van der Waals surface area contributed by atoms with Crippen molar-refractivity contribution in [3.05, 3.63) is 58.1 Å². The quantitative estimate of drug-likeness (QED) is 0.676. The summed E-state index contributed by atoms with van der Waals surface area (Å²) in [6.45, 7) is 5.44. The second-order valence-corrected chi connectivity index (χ2v) is 6.00. The molecule has 0 spiro atoms. The molecule has 0 radical (unpaired) electrons. The predicted molar refractivity (Wildman–Crippen MR) is 93.2 cm³/mol. The van der Waals surface area contributed by atoms with E-state index in [4.69, 9.17) is 23.2 Å². The zero-order valence-corrected chi connectivity index (χ0v) is 14.0. The van der Waals surface area contributed by atoms with Crippen LogP contribution in [0.4, 0.5) is 0 Å². The van der Waals surface area contributed by atoms with Crippen LogP contribution in [0.25, 0.3) is 11.1 Å². The highest BCUT2D eigenvalue weighted by atomic mass is 35.5. The second-order valence-electron chi connectivity index (χ2n) is 5.16. The van der Waals surface area contributed by atoms with E-state index >= 15 is 0 Å².